The molecule has 0 amide bonds. The number of rotatable bonds is 10. The zero-order chi connectivity index (χ0) is 19.6. The van der Waals surface area contributed by atoms with E-state index in [0.29, 0.717) is 0 Å². The molecule has 0 aliphatic rings. The largest absolute Gasteiger partial charge is 0.469 e. The zero-order valence-corrected chi connectivity index (χ0v) is 15.5. The second-order valence-corrected chi connectivity index (χ2v) is 5.69. The highest BCUT2D eigenvalue weighted by Gasteiger charge is 2.45. The van der Waals surface area contributed by atoms with Crippen LogP contribution < -0.4 is 0 Å². The van der Waals surface area contributed by atoms with Crippen molar-refractivity contribution in [3.8, 4) is 0 Å². The SMILES string of the molecule is COC(=O)CC(CC(=O)OC)(CC(=O)OC)N(Cc1ccccc1)OC. The Kier molecular flexibility index (Phi) is 8.74. The monoisotopic (exact) mass is 367 g/mol. The minimum absolute atomic E-state index is 0.238. The summed E-state index contributed by atoms with van der Waals surface area (Å²) in [6.07, 6.45) is -0.767. The highest BCUT2D eigenvalue weighted by molar-refractivity contribution is 5.79. The average Bonchev–Trinajstić information content (AvgIpc) is 2.66. The van der Waals surface area contributed by atoms with Gasteiger partial charge in [0, 0.05) is 6.54 Å². The van der Waals surface area contributed by atoms with Crippen molar-refractivity contribution in [2.45, 2.75) is 31.3 Å². The molecule has 0 unspecified atom stereocenters. The molecular weight excluding hydrogens is 342 g/mol. The van der Waals surface area contributed by atoms with Crippen LogP contribution in [0.2, 0.25) is 0 Å². The fraction of sp³-hybridized carbons (Fsp3) is 0.500. The molecule has 0 aliphatic carbocycles. The van der Waals surface area contributed by atoms with E-state index in [9.17, 15) is 14.4 Å². The standard InChI is InChI=1S/C18H25NO7/c1-23-15(20)10-18(11-16(21)24-2,12-17(22)25-3)19(26-4)13-14-8-6-5-7-9-14/h5-9H,10-13H2,1-4H3. The molecule has 0 radical (unpaired) electrons. The Morgan fingerprint density at radius 3 is 1.58 bits per heavy atom. The van der Waals surface area contributed by atoms with E-state index in [1.54, 1.807) is 0 Å². The average molecular weight is 367 g/mol. The Morgan fingerprint density at radius 2 is 1.23 bits per heavy atom. The van der Waals surface area contributed by atoms with Crippen molar-refractivity contribution in [3.05, 3.63) is 35.9 Å². The van der Waals surface area contributed by atoms with E-state index < -0.39 is 23.4 Å². The van der Waals surface area contributed by atoms with E-state index in [2.05, 4.69) is 0 Å². The van der Waals surface area contributed by atoms with Crippen molar-refractivity contribution in [1.29, 1.82) is 0 Å². The van der Waals surface area contributed by atoms with Gasteiger partial charge in [-0.2, -0.15) is 5.06 Å². The van der Waals surface area contributed by atoms with Gasteiger partial charge >= 0.3 is 17.9 Å². The summed E-state index contributed by atoms with van der Waals surface area (Å²) in [4.78, 5) is 41.6. The molecule has 0 aromatic heterocycles. The Balaban J connectivity index is 3.30. The van der Waals surface area contributed by atoms with Crippen LogP contribution in [0.3, 0.4) is 0 Å². The second-order valence-electron chi connectivity index (χ2n) is 5.69. The molecule has 0 N–H and O–H groups in total. The predicted molar refractivity (Wildman–Crippen MR) is 91.6 cm³/mol. The minimum Gasteiger partial charge on any atom is -0.469 e. The smallest absolute Gasteiger partial charge is 0.307 e. The summed E-state index contributed by atoms with van der Waals surface area (Å²) >= 11 is 0. The zero-order valence-electron chi connectivity index (χ0n) is 15.5. The molecule has 0 bridgehead atoms. The molecule has 0 atom stereocenters. The van der Waals surface area contributed by atoms with Crippen LogP contribution >= 0.6 is 0 Å². The third kappa shape index (κ3) is 6.12. The molecule has 0 heterocycles. The summed E-state index contributed by atoms with van der Waals surface area (Å²) < 4.78 is 14.3. The van der Waals surface area contributed by atoms with Crippen LogP contribution in [-0.2, 0) is 40.0 Å². The molecule has 1 aromatic carbocycles. The number of benzene rings is 1. The first-order valence-electron chi connectivity index (χ1n) is 7.97. The number of carbonyl (C=O) groups is 3. The minimum atomic E-state index is -1.32. The fourth-order valence-electron chi connectivity index (χ4n) is 2.65. The first-order chi connectivity index (χ1) is 12.4. The predicted octanol–water partition coefficient (Wildman–Crippen LogP) is 1.48. The fourth-order valence-corrected chi connectivity index (χ4v) is 2.65. The summed E-state index contributed by atoms with van der Waals surface area (Å²) in [5.74, 6) is -1.77. The summed E-state index contributed by atoms with van der Waals surface area (Å²) in [5, 5.41) is 1.42. The highest BCUT2D eigenvalue weighted by atomic mass is 16.7. The molecule has 26 heavy (non-hydrogen) atoms. The maximum atomic E-state index is 12.0. The van der Waals surface area contributed by atoms with Crippen LogP contribution in [0, 0.1) is 0 Å². The molecule has 0 fully saturated rings. The Labute approximate surface area is 152 Å². The summed E-state index contributed by atoms with van der Waals surface area (Å²) in [6, 6.07) is 9.30. The van der Waals surface area contributed by atoms with Gasteiger partial charge in [-0.3, -0.25) is 14.4 Å². The number of carbonyl (C=O) groups excluding carboxylic acids is 3. The molecule has 0 aliphatic heterocycles. The van der Waals surface area contributed by atoms with E-state index in [-0.39, 0.29) is 25.8 Å². The first-order valence-corrected chi connectivity index (χ1v) is 7.97. The van der Waals surface area contributed by atoms with Gasteiger partial charge in [-0.15, -0.1) is 0 Å². The molecule has 8 nitrogen and oxygen atoms in total. The lowest BCUT2D eigenvalue weighted by Gasteiger charge is -2.40. The van der Waals surface area contributed by atoms with Crippen LogP contribution in [0.25, 0.3) is 0 Å². The Hall–Kier alpha value is -2.45. The molecule has 8 heteroatoms. The maximum Gasteiger partial charge on any atom is 0.307 e. The number of hydroxylamine groups is 2. The molecule has 1 aromatic rings. The Bertz CT molecular complexity index is 557. The van der Waals surface area contributed by atoms with Gasteiger partial charge in [0.1, 0.15) is 0 Å². The molecule has 0 saturated heterocycles. The van der Waals surface area contributed by atoms with Crippen molar-refractivity contribution in [2.24, 2.45) is 0 Å². The van der Waals surface area contributed by atoms with Crippen molar-refractivity contribution in [3.63, 3.8) is 0 Å². The summed E-state index contributed by atoms with van der Waals surface area (Å²) in [5.41, 5.74) is -0.448. The van der Waals surface area contributed by atoms with Gasteiger partial charge in [0.05, 0.1) is 53.2 Å². The van der Waals surface area contributed by atoms with Crippen molar-refractivity contribution in [1.82, 2.24) is 5.06 Å². The third-order valence-electron chi connectivity index (χ3n) is 4.02. The maximum absolute atomic E-state index is 12.0. The molecular formula is C18H25NO7. The molecule has 0 saturated carbocycles. The molecule has 0 spiro atoms. The second kappa shape index (κ2) is 10.5. The number of hydrogen-bond donors (Lipinski definition) is 0. The van der Waals surface area contributed by atoms with Gasteiger partial charge in [0.25, 0.3) is 0 Å². The van der Waals surface area contributed by atoms with Crippen LogP contribution in [0.15, 0.2) is 30.3 Å². The van der Waals surface area contributed by atoms with Crippen molar-refractivity contribution < 1.29 is 33.4 Å². The lowest BCUT2D eigenvalue weighted by molar-refractivity contribution is -0.223. The van der Waals surface area contributed by atoms with Gasteiger partial charge in [0.2, 0.25) is 0 Å². The normalized spacial score (nSPS) is 11.1. The number of methoxy groups -OCH3 is 3. The van der Waals surface area contributed by atoms with Gasteiger partial charge in [-0.25, -0.2) is 0 Å². The van der Waals surface area contributed by atoms with Crippen LogP contribution in [0.1, 0.15) is 24.8 Å². The van der Waals surface area contributed by atoms with E-state index in [4.69, 9.17) is 19.0 Å². The Morgan fingerprint density at radius 1 is 0.808 bits per heavy atom. The summed E-state index contributed by atoms with van der Waals surface area (Å²) in [7, 11) is 5.11. The topological polar surface area (TPSA) is 91.4 Å². The molecule has 144 valence electrons. The van der Waals surface area contributed by atoms with E-state index in [0.717, 1.165) is 5.56 Å². The number of esters is 3. The van der Waals surface area contributed by atoms with E-state index in [1.807, 2.05) is 30.3 Å². The van der Waals surface area contributed by atoms with Crippen molar-refractivity contribution in [2.75, 3.05) is 28.4 Å². The number of hydrogen-bond acceptors (Lipinski definition) is 8. The van der Waals surface area contributed by atoms with E-state index >= 15 is 0 Å². The number of nitrogens with zero attached hydrogens (tertiary/aromatic N) is 1. The first kappa shape index (κ1) is 21.6. The van der Waals surface area contributed by atoms with E-state index in [1.165, 1.54) is 33.5 Å². The number of ether oxygens (including phenoxy) is 3. The lowest BCUT2D eigenvalue weighted by Crippen LogP contribution is -2.52. The highest BCUT2D eigenvalue weighted by Crippen LogP contribution is 2.32. The van der Waals surface area contributed by atoms with Crippen LogP contribution in [0.5, 0.6) is 0 Å². The van der Waals surface area contributed by atoms with Gasteiger partial charge in [-0.05, 0) is 5.56 Å². The quantitative estimate of drug-likeness (QED) is 0.349. The molecule has 1 rings (SSSR count). The van der Waals surface area contributed by atoms with Gasteiger partial charge in [0.15, 0.2) is 0 Å². The van der Waals surface area contributed by atoms with Gasteiger partial charge in [-0.1, -0.05) is 30.3 Å². The lowest BCUT2D eigenvalue weighted by atomic mass is 9.86. The summed E-state index contributed by atoms with van der Waals surface area (Å²) in [6.45, 7) is 0.238. The van der Waals surface area contributed by atoms with Gasteiger partial charge < -0.3 is 19.0 Å². The third-order valence-corrected chi connectivity index (χ3v) is 4.02. The van der Waals surface area contributed by atoms with Crippen LogP contribution in [-0.4, -0.2) is 56.9 Å². The van der Waals surface area contributed by atoms with Crippen molar-refractivity contribution >= 4 is 17.9 Å². The van der Waals surface area contributed by atoms with Crippen LogP contribution in [0.4, 0.5) is 0 Å².